The lowest BCUT2D eigenvalue weighted by molar-refractivity contribution is -0.134. The van der Waals surface area contributed by atoms with Gasteiger partial charge in [-0.15, -0.1) is 0 Å². The Bertz CT molecular complexity index is 743. The Hall–Kier alpha value is -1.36. The fraction of sp³-hybridized carbons (Fsp3) is 0.862. The number of fused-ring (bicyclic) bond motifs is 1. The molecule has 0 aromatic rings. The van der Waals surface area contributed by atoms with Gasteiger partial charge < -0.3 is 9.80 Å². The largest absolute Gasteiger partial charge is 0.340 e. The fourth-order valence-corrected chi connectivity index (χ4v) is 6.57. The van der Waals surface area contributed by atoms with Crippen LogP contribution in [0.3, 0.4) is 0 Å². The molecular formula is C29H51N3O2. The van der Waals surface area contributed by atoms with E-state index in [1.54, 1.807) is 0 Å². The van der Waals surface area contributed by atoms with Crippen molar-refractivity contribution in [2.45, 2.75) is 87.0 Å². The maximum absolute atomic E-state index is 12.9. The van der Waals surface area contributed by atoms with Crippen molar-refractivity contribution >= 4 is 11.8 Å². The lowest BCUT2D eigenvalue weighted by Crippen LogP contribution is -2.52. The van der Waals surface area contributed by atoms with Gasteiger partial charge in [-0.2, -0.15) is 0 Å². The third-order valence-corrected chi connectivity index (χ3v) is 8.67. The summed E-state index contributed by atoms with van der Waals surface area (Å²) in [4.78, 5) is 32.3. The van der Waals surface area contributed by atoms with E-state index in [2.05, 4.69) is 69.2 Å². The molecule has 4 aliphatic rings. The first-order valence-electron chi connectivity index (χ1n) is 13.9. The van der Waals surface area contributed by atoms with Crippen molar-refractivity contribution in [3.63, 3.8) is 0 Å². The zero-order valence-corrected chi connectivity index (χ0v) is 23.2. The number of hydrogen-bond acceptors (Lipinski definition) is 3. The first-order chi connectivity index (χ1) is 15.9. The number of carbonyl (C=O) groups excluding carboxylic acids is 2. The fourth-order valence-electron chi connectivity index (χ4n) is 6.57. The highest BCUT2D eigenvalue weighted by Crippen LogP contribution is 2.59. The Morgan fingerprint density at radius 3 is 2.41 bits per heavy atom. The highest BCUT2D eigenvalue weighted by Gasteiger charge is 2.51. The van der Waals surface area contributed by atoms with Gasteiger partial charge in [-0.25, -0.2) is 0 Å². The van der Waals surface area contributed by atoms with Crippen LogP contribution in [0.4, 0.5) is 0 Å². The SMILES string of the molecule is CCCC(=O)N(CCN1CCN(C(=O)CC(C)CC(C)(C)C)CC1)CC1=CCC2CC1C2(C)C. The number of allylic oxidation sites excluding steroid dienone is 1. The second-order valence-corrected chi connectivity index (χ2v) is 13.2. The third-order valence-electron chi connectivity index (χ3n) is 8.67. The van der Waals surface area contributed by atoms with Crippen LogP contribution in [0.25, 0.3) is 0 Å². The standard InChI is InChI=1S/C29H51N3O2/c1-8-9-26(33)32(21-23-10-11-24-19-25(23)29(24,6)7)17-14-30-12-15-31(16-13-30)27(34)18-22(2)20-28(3,4)5/h10,22,24-25H,8-9,11-21H2,1-7H3. The number of carbonyl (C=O) groups is 2. The molecule has 5 heteroatoms. The number of nitrogens with zero attached hydrogens (tertiary/aromatic N) is 3. The third kappa shape index (κ3) is 6.86. The molecule has 34 heavy (non-hydrogen) atoms. The molecule has 0 aromatic heterocycles. The number of rotatable bonds is 10. The second-order valence-electron chi connectivity index (χ2n) is 13.2. The lowest BCUT2D eigenvalue weighted by atomic mass is 9.49. The maximum atomic E-state index is 12.9. The van der Waals surface area contributed by atoms with Crippen LogP contribution in [-0.4, -0.2) is 72.3 Å². The summed E-state index contributed by atoms with van der Waals surface area (Å²) in [5.41, 5.74) is 2.16. The van der Waals surface area contributed by atoms with Crippen LogP contribution in [-0.2, 0) is 9.59 Å². The van der Waals surface area contributed by atoms with Gasteiger partial charge in [-0.1, -0.05) is 60.1 Å². The molecule has 4 rings (SSSR count). The normalized spacial score (nSPS) is 25.4. The summed E-state index contributed by atoms with van der Waals surface area (Å²) in [5.74, 6) is 2.51. The minimum absolute atomic E-state index is 0.267. The molecule has 1 saturated heterocycles. The molecule has 3 atom stereocenters. The van der Waals surface area contributed by atoms with Gasteiger partial charge in [-0.05, 0) is 54.3 Å². The van der Waals surface area contributed by atoms with E-state index in [9.17, 15) is 9.59 Å². The molecule has 3 aliphatic carbocycles. The Kier molecular flexibility index (Phi) is 8.92. The quantitative estimate of drug-likeness (QED) is 0.409. The summed E-state index contributed by atoms with van der Waals surface area (Å²) in [5, 5.41) is 0. The van der Waals surface area contributed by atoms with Gasteiger partial charge >= 0.3 is 0 Å². The van der Waals surface area contributed by atoms with E-state index >= 15 is 0 Å². The molecule has 3 unspecified atom stereocenters. The van der Waals surface area contributed by atoms with Crippen molar-refractivity contribution in [3.8, 4) is 0 Å². The monoisotopic (exact) mass is 473 g/mol. The highest BCUT2D eigenvalue weighted by atomic mass is 16.2. The van der Waals surface area contributed by atoms with E-state index < -0.39 is 0 Å². The Morgan fingerprint density at radius 1 is 1.18 bits per heavy atom. The van der Waals surface area contributed by atoms with Gasteiger partial charge in [0.25, 0.3) is 0 Å². The number of amides is 2. The topological polar surface area (TPSA) is 43.9 Å². The Labute approximate surface area is 209 Å². The van der Waals surface area contributed by atoms with E-state index in [1.165, 1.54) is 18.4 Å². The van der Waals surface area contributed by atoms with Crippen LogP contribution < -0.4 is 0 Å². The van der Waals surface area contributed by atoms with Crippen LogP contribution in [0.1, 0.15) is 87.0 Å². The minimum atomic E-state index is 0.267. The van der Waals surface area contributed by atoms with Gasteiger partial charge in [0.15, 0.2) is 0 Å². The van der Waals surface area contributed by atoms with Crippen LogP contribution in [0.15, 0.2) is 11.6 Å². The van der Waals surface area contributed by atoms with Crippen molar-refractivity contribution in [1.82, 2.24) is 14.7 Å². The smallest absolute Gasteiger partial charge is 0.222 e. The Morgan fingerprint density at radius 2 is 1.85 bits per heavy atom. The van der Waals surface area contributed by atoms with Crippen LogP contribution >= 0.6 is 0 Å². The molecule has 2 bridgehead atoms. The van der Waals surface area contributed by atoms with E-state index in [1.807, 2.05) is 0 Å². The molecule has 0 aromatic carbocycles. The summed E-state index contributed by atoms with van der Waals surface area (Å²) in [6.45, 7) is 21.8. The molecular weight excluding hydrogens is 422 g/mol. The summed E-state index contributed by atoms with van der Waals surface area (Å²) < 4.78 is 0. The number of hydrogen-bond donors (Lipinski definition) is 0. The summed E-state index contributed by atoms with van der Waals surface area (Å²) in [7, 11) is 0. The first-order valence-corrected chi connectivity index (χ1v) is 13.9. The van der Waals surface area contributed by atoms with E-state index in [4.69, 9.17) is 0 Å². The average molecular weight is 474 g/mol. The molecule has 0 spiro atoms. The van der Waals surface area contributed by atoms with Crippen molar-refractivity contribution < 1.29 is 9.59 Å². The summed E-state index contributed by atoms with van der Waals surface area (Å²) in [6.07, 6.45) is 8.19. The Balaban J connectivity index is 1.46. The molecule has 1 aliphatic heterocycles. The van der Waals surface area contributed by atoms with E-state index in [-0.39, 0.29) is 5.41 Å². The van der Waals surface area contributed by atoms with Gasteiger partial charge in [0, 0.05) is 58.7 Å². The second kappa shape index (κ2) is 11.1. The molecule has 1 saturated carbocycles. The lowest BCUT2D eigenvalue weighted by Gasteiger charge is -2.57. The van der Waals surface area contributed by atoms with Gasteiger partial charge in [-0.3, -0.25) is 14.5 Å². The van der Waals surface area contributed by atoms with Crippen molar-refractivity contribution in [2.75, 3.05) is 45.8 Å². The predicted molar refractivity (Wildman–Crippen MR) is 140 cm³/mol. The van der Waals surface area contributed by atoms with Crippen LogP contribution in [0.2, 0.25) is 0 Å². The molecule has 194 valence electrons. The number of piperazine rings is 1. The van der Waals surface area contributed by atoms with E-state index in [0.29, 0.717) is 41.9 Å². The molecule has 0 radical (unpaired) electrons. The summed E-state index contributed by atoms with van der Waals surface area (Å²) >= 11 is 0. The predicted octanol–water partition coefficient (Wildman–Crippen LogP) is 5.21. The maximum Gasteiger partial charge on any atom is 0.222 e. The van der Waals surface area contributed by atoms with E-state index in [0.717, 1.165) is 64.6 Å². The van der Waals surface area contributed by atoms with Gasteiger partial charge in [0.1, 0.15) is 0 Å². The molecule has 0 N–H and O–H groups in total. The molecule has 2 fully saturated rings. The molecule has 5 nitrogen and oxygen atoms in total. The van der Waals surface area contributed by atoms with Crippen LogP contribution in [0, 0.1) is 28.6 Å². The van der Waals surface area contributed by atoms with Crippen molar-refractivity contribution in [3.05, 3.63) is 11.6 Å². The van der Waals surface area contributed by atoms with Crippen molar-refractivity contribution in [2.24, 2.45) is 28.6 Å². The first kappa shape index (κ1) is 27.2. The average Bonchev–Trinajstić information content (AvgIpc) is 2.75. The van der Waals surface area contributed by atoms with Crippen LogP contribution in [0.5, 0.6) is 0 Å². The van der Waals surface area contributed by atoms with Gasteiger partial charge in [0.05, 0.1) is 0 Å². The van der Waals surface area contributed by atoms with Gasteiger partial charge in [0.2, 0.25) is 11.8 Å². The molecule has 2 amide bonds. The molecule has 1 heterocycles. The zero-order valence-electron chi connectivity index (χ0n) is 23.2. The van der Waals surface area contributed by atoms with Crippen molar-refractivity contribution in [1.29, 1.82) is 0 Å². The zero-order chi connectivity index (χ0) is 25.1. The highest BCUT2D eigenvalue weighted by molar-refractivity contribution is 5.77. The summed E-state index contributed by atoms with van der Waals surface area (Å²) in [6, 6.07) is 0. The minimum Gasteiger partial charge on any atom is -0.340 e.